The first-order chi connectivity index (χ1) is 12.7. The number of hydrogen-bond acceptors (Lipinski definition) is 4. The maximum Gasteiger partial charge on any atom is 0.162 e. The highest BCUT2D eigenvalue weighted by atomic mass is 16.5. The number of ether oxygens (including phenoxy) is 2. The van der Waals surface area contributed by atoms with E-state index in [0.717, 1.165) is 16.8 Å². The van der Waals surface area contributed by atoms with E-state index >= 15 is 0 Å². The van der Waals surface area contributed by atoms with Crippen LogP contribution in [0.5, 0.6) is 11.5 Å². The Morgan fingerprint density at radius 3 is 2.42 bits per heavy atom. The highest BCUT2D eigenvalue weighted by molar-refractivity contribution is 5.81. The molecule has 3 aromatic rings. The van der Waals surface area contributed by atoms with Crippen LogP contribution in [0.4, 0.5) is 5.69 Å². The fraction of sp³-hybridized carbons (Fsp3) is 0.136. The third-order valence-corrected chi connectivity index (χ3v) is 3.88. The zero-order valence-electron chi connectivity index (χ0n) is 15.0. The minimum atomic E-state index is 0.486. The molecule has 0 saturated carbocycles. The zero-order valence-corrected chi connectivity index (χ0v) is 15.0. The monoisotopic (exact) mass is 346 g/mol. The van der Waals surface area contributed by atoms with Crippen LogP contribution in [0.1, 0.15) is 16.7 Å². The SMILES string of the molecule is COc1ccc(/C=N\Nc2ccc(C)cc2)cc1OCc1ccccc1. The molecule has 0 spiro atoms. The fourth-order valence-electron chi connectivity index (χ4n) is 2.43. The van der Waals surface area contributed by atoms with E-state index in [1.54, 1.807) is 13.3 Å². The molecule has 3 rings (SSSR count). The van der Waals surface area contributed by atoms with Crippen LogP contribution in [0.25, 0.3) is 0 Å². The van der Waals surface area contributed by atoms with E-state index in [4.69, 9.17) is 9.47 Å². The molecule has 4 heteroatoms. The van der Waals surface area contributed by atoms with Crippen LogP contribution in [-0.4, -0.2) is 13.3 Å². The lowest BCUT2D eigenvalue weighted by Crippen LogP contribution is -1.99. The fourth-order valence-corrected chi connectivity index (χ4v) is 2.43. The van der Waals surface area contributed by atoms with Gasteiger partial charge in [0.2, 0.25) is 0 Å². The third-order valence-electron chi connectivity index (χ3n) is 3.88. The normalized spacial score (nSPS) is 10.7. The highest BCUT2D eigenvalue weighted by Gasteiger charge is 2.05. The van der Waals surface area contributed by atoms with Crippen molar-refractivity contribution in [3.05, 3.63) is 89.5 Å². The lowest BCUT2D eigenvalue weighted by Gasteiger charge is -2.11. The number of methoxy groups -OCH3 is 1. The molecular formula is C22H22N2O2. The molecule has 0 bridgehead atoms. The molecule has 4 nitrogen and oxygen atoms in total. The van der Waals surface area contributed by atoms with Crippen LogP contribution in [0.15, 0.2) is 77.9 Å². The molecule has 0 aliphatic rings. The predicted octanol–water partition coefficient (Wildman–Crippen LogP) is 5.03. The Kier molecular flexibility index (Phi) is 5.88. The van der Waals surface area contributed by atoms with Crippen molar-refractivity contribution in [2.24, 2.45) is 5.10 Å². The van der Waals surface area contributed by atoms with Crippen LogP contribution < -0.4 is 14.9 Å². The summed E-state index contributed by atoms with van der Waals surface area (Å²) < 4.78 is 11.3. The summed E-state index contributed by atoms with van der Waals surface area (Å²) >= 11 is 0. The van der Waals surface area contributed by atoms with E-state index in [9.17, 15) is 0 Å². The third kappa shape index (κ3) is 4.86. The summed E-state index contributed by atoms with van der Waals surface area (Å²) in [5.74, 6) is 1.39. The van der Waals surface area contributed by atoms with Crippen LogP contribution in [0, 0.1) is 6.92 Å². The smallest absolute Gasteiger partial charge is 0.162 e. The predicted molar refractivity (Wildman–Crippen MR) is 106 cm³/mol. The van der Waals surface area contributed by atoms with Gasteiger partial charge < -0.3 is 9.47 Å². The Morgan fingerprint density at radius 1 is 0.923 bits per heavy atom. The molecule has 0 heterocycles. The zero-order chi connectivity index (χ0) is 18.2. The van der Waals surface area contributed by atoms with E-state index in [-0.39, 0.29) is 0 Å². The lowest BCUT2D eigenvalue weighted by atomic mass is 10.2. The van der Waals surface area contributed by atoms with Gasteiger partial charge in [-0.05, 0) is 48.4 Å². The number of anilines is 1. The first kappa shape index (κ1) is 17.5. The second-order valence-corrected chi connectivity index (χ2v) is 5.92. The summed E-state index contributed by atoms with van der Waals surface area (Å²) in [6.45, 7) is 2.54. The molecule has 0 aliphatic carbocycles. The molecule has 132 valence electrons. The number of aryl methyl sites for hydroxylation is 1. The van der Waals surface area contributed by atoms with Gasteiger partial charge in [0.15, 0.2) is 11.5 Å². The van der Waals surface area contributed by atoms with Gasteiger partial charge in [-0.15, -0.1) is 0 Å². The number of benzene rings is 3. The highest BCUT2D eigenvalue weighted by Crippen LogP contribution is 2.28. The van der Waals surface area contributed by atoms with Crippen molar-refractivity contribution in [3.63, 3.8) is 0 Å². The summed E-state index contributed by atoms with van der Waals surface area (Å²) in [4.78, 5) is 0. The molecular weight excluding hydrogens is 324 g/mol. The summed E-state index contributed by atoms with van der Waals surface area (Å²) in [5, 5.41) is 4.29. The molecule has 0 radical (unpaired) electrons. The molecule has 0 aromatic heterocycles. The number of rotatable bonds is 7. The molecule has 0 saturated heterocycles. The van der Waals surface area contributed by atoms with Crippen LogP contribution in [0.2, 0.25) is 0 Å². The molecule has 0 unspecified atom stereocenters. The van der Waals surface area contributed by atoms with Crippen molar-refractivity contribution >= 4 is 11.9 Å². The maximum atomic E-state index is 5.93. The second kappa shape index (κ2) is 8.72. The lowest BCUT2D eigenvalue weighted by molar-refractivity contribution is 0.284. The molecule has 1 N–H and O–H groups in total. The van der Waals surface area contributed by atoms with Crippen molar-refractivity contribution in [1.29, 1.82) is 0 Å². The Labute approximate surface area is 154 Å². The Bertz CT molecular complexity index is 859. The van der Waals surface area contributed by atoms with E-state index in [2.05, 4.69) is 17.5 Å². The van der Waals surface area contributed by atoms with Crippen molar-refractivity contribution in [2.75, 3.05) is 12.5 Å². The first-order valence-corrected chi connectivity index (χ1v) is 8.45. The van der Waals surface area contributed by atoms with Crippen molar-refractivity contribution in [1.82, 2.24) is 0 Å². The van der Waals surface area contributed by atoms with Gasteiger partial charge in [0.25, 0.3) is 0 Å². The number of hydrazone groups is 1. The number of hydrogen-bond donors (Lipinski definition) is 1. The van der Waals surface area contributed by atoms with Crippen LogP contribution in [0.3, 0.4) is 0 Å². The largest absolute Gasteiger partial charge is 0.493 e. The van der Waals surface area contributed by atoms with Gasteiger partial charge in [-0.25, -0.2) is 0 Å². The van der Waals surface area contributed by atoms with E-state index in [0.29, 0.717) is 18.1 Å². The van der Waals surface area contributed by atoms with Crippen molar-refractivity contribution in [3.8, 4) is 11.5 Å². The molecule has 26 heavy (non-hydrogen) atoms. The summed E-state index contributed by atoms with van der Waals surface area (Å²) in [5.41, 5.74) is 7.22. The standard InChI is InChI=1S/C22H22N2O2/c1-17-8-11-20(12-9-17)24-23-15-19-10-13-21(25-2)22(14-19)26-16-18-6-4-3-5-7-18/h3-15,24H,16H2,1-2H3/b23-15-. The molecule has 0 aliphatic heterocycles. The number of nitrogens with one attached hydrogen (secondary N) is 1. The van der Waals surface area contributed by atoms with Gasteiger partial charge in [0.05, 0.1) is 19.0 Å². The average molecular weight is 346 g/mol. The van der Waals surface area contributed by atoms with Gasteiger partial charge in [-0.2, -0.15) is 5.10 Å². The first-order valence-electron chi connectivity index (χ1n) is 8.45. The van der Waals surface area contributed by atoms with Gasteiger partial charge in [0, 0.05) is 0 Å². The maximum absolute atomic E-state index is 5.93. The molecule has 0 fully saturated rings. The van der Waals surface area contributed by atoms with Crippen molar-refractivity contribution in [2.45, 2.75) is 13.5 Å². The number of nitrogens with zero attached hydrogens (tertiary/aromatic N) is 1. The quantitative estimate of drug-likeness (QED) is 0.482. The van der Waals surface area contributed by atoms with Gasteiger partial charge in [-0.3, -0.25) is 5.43 Å². The molecule has 0 atom stereocenters. The van der Waals surface area contributed by atoms with Crippen LogP contribution in [-0.2, 0) is 6.61 Å². The van der Waals surface area contributed by atoms with E-state index < -0.39 is 0 Å². The van der Waals surface area contributed by atoms with Gasteiger partial charge in [0.1, 0.15) is 6.61 Å². The Hall–Kier alpha value is -3.27. The van der Waals surface area contributed by atoms with E-state index in [1.807, 2.05) is 72.8 Å². The second-order valence-electron chi connectivity index (χ2n) is 5.92. The van der Waals surface area contributed by atoms with Crippen molar-refractivity contribution < 1.29 is 9.47 Å². The van der Waals surface area contributed by atoms with Crippen LogP contribution >= 0.6 is 0 Å². The Morgan fingerprint density at radius 2 is 1.69 bits per heavy atom. The minimum absolute atomic E-state index is 0.486. The summed E-state index contributed by atoms with van der Waals surface area (Å²) in [6.07, 6.45) is 1.76. The topological polar surface area (TPSA) is 42.8 Å². The van der Waals surface area contributed by atoms with Gasteiger partial charge >= 0.3 is 0 Å². The molecule has 3 aromatic carbocycles. The molecule has 0 amide bonds. The minimum Gasteiger partial charge on any atom is -0.493 e. The Balaban J connectivity index is 1.67. The summed E-state index contributed by atoms with van der Waals surface area (Å²) in [7, 11) is 1.64. The van der Waals surface area contributed by atoms with Gasteiger partial charge in [-0.1, -0.05) is 48.0 Å². The van der Waals surface area contributed by atoms with E-state index in [1.165, 1.54) is 5.56 Å². The summed E-state index contributed by atoms with van der Waals surface area (Å²) in [6, 6.07) is 23.9. The average Bonchev–Trinajstić information content (AvgIpc) is 2.69.